The van der Waals surface area contributed by atoms with Gasteiger partial charge in [-0.25, -0.2) is 4.79 Å². The van der Waals surface area contributed by atoms with E-state index in [9.17, 15) is 22.8 Å². The van der Waals surface area contributed by atoms with Crippen LogP contribution in [0.4, 0.5) is 18.3 Å². The molecule has 0 atom stereocenters. The maximum atomic E-state index is 12.3. The van der Waals surface area contributed by atoms with Gasteiger partial charge in [0.25, 0.3) is 11.7 Å². The second kappa shape index (κ2) is 5.97. The summed E-state index contributed by atoms with van der Waals surface area (Å²) in [5.74, 6) is -3.54. The lowest BCUT2D eigenvalue weighted by atomic mass is 10.2. The number of anilines is 1. The number of carbonyl (C=O) groups excluding carboxylic acids is 1. The molecule has 1 heterocycles. The summed E-state index contributed by atoms with van der Waals surface area (Å²) in [5, 5.41) is 10.6. The van der Waals surface area contributed by atoms with Gasteiger partial charge in [0.05, 0.1) is 5.56 Å². The molecule has 1 aromatic heterocycles. The molecule has 0 spiro atoms. The number of hydrogen-bond donors (Lipinski definition) is 2. The number of halogens is 3. The molecule has 0 aliphatic rings. The number of alkyl halides is 3. The summed E-state index contributed by atoms with van der Waals surface area (Å²) < 4.78 is 44.0. The molecule has 0 aliphatic heterocycles. The Kier molecular flexibility index (Phi) is 4.26. The lowest BCUT2D eigenvalue weighted by Crippen LogP contribution is -2.20. The third kappa shape index (κ3) is 3.91. The van der Waals surface area contributed by atoms with Crippen LogP contribution in [0.2, 0.25) is 0 Å². The Balaban J connectivity index is 2.20. The van der Waals surface area contributed by atoms with Gasteiger partial charge in [-0.3, -0.25) is 10.1 Å². The van der Waals surface area contributed by atoms with E-state index < -0.39 is 29.8 Å². The first kappa shape index (κ1) is 15.7. The maximum Gasteiger partial charge on any atom is 0.573 e. The Morgan fingerprint density at radius 3 is 2.55 bits per heavy atom. The number of aromatic nitrogens is 2. The minimum absolute atomic E-state index is 0.163. The largest absolute Gasteiger partial charge is 0.573 e. The smallest absolute Gasteiger partial charge is 0.475 e. The lowest BCUT2D eigenvalue weighted by molar-refractivity contribution is -0.274. The van der Waals surface area contributed by atoms with E-state index in [-0.39, 0.29) is 10.7 Å². The molecule has 0 aliphatic carbocycles. The fourth-order valence-electron chi connectivity index (χ4n) is 1.39. The third-order valence-electron chi connectivity index (χ3n) is 2.20. The number of ether oxygens (including phenoxy) is 1. The van der Waals surface area contributed by atoms with E-state index in [0.29, 0.717) is 11.5 Å². The molecule has 116 valence electrons. The van der Waals surface area contributed by atoms with Gasteiger partial charge in [0.15, 0.2) is 0 Å². The number of aromatic carboxylic acids is 1. The number of para-hydroxylation sites is 1. The highest BCUT2D eigenvalue weighted by atomic mass is 32.1. The molecule has 1 aromatic carbocycles. The van der Waals surface area contributed by atoms with Crippen LogP contribution in [0.1, 0.15) is 21.0 Å². The van der Waals surface area contributed by atoms with E-state index in [0.717, 1.165) is 12.1 Å². The second-order valence-corrected chi connectivity index (χ2v) is 4.48. The van der Waals surface area contributed by atoms with E-state index in [2.05, 4.69) is 19.4 Å². The average Bonchev–Trinajstić information content (AvgIpc) is 2.86. The predicted molar refractivity (Wildman–Crippen MR) is 67.9 cm³/mol. The zero-order valence-corrected chi connectivity index (χ0v) is 11.2. The number of hydrogen-bond acceptors (Lipinski definition) is 6. The number of nitrogens with zero attached hydrogens (tertiary/aromatic N) is 2. The van der Waals surface area contributed by atoms with E-state index in [1.54, 1.807) is 0 Å². The van der Waals surface area contributed by atoms with Gasteiger partial charge >= 0.3 is 12.3 Å². The summed E-state index contributed by atoms with van der Waals surface area (Å²) >= 11 is 0.583. The molecule has 22 heavy (non-hydrogen) atoms. The van der Waals surface area contributed by atoms with Gasteiger partial charge < -0.3 is 9.84 Å². The zero-order valence-electron chi connectivity index (χ0n) is 10.4. The van der Waals surface area contributed by atoms with Crippen molar-refractivity contribution in [1.82, 2.24) is 9.36 Å². The summed E-state index contributed by atoms with van der Waals surface area (Å²) in [6.07, 6.45) is -4.95. The summed E-state index contributed by atoms with van der Waals surface area (Å²) in [4.78, 5) is 26.0. The second-order valence-electron chi connectivity index (χ2n) is 3.73. The molecule has 0 saturated heterocycles. The standard InChI is InChI=1S/C11H6F3N3O4S/c12-11(13,14)21-6-4-2-1-3-5(6)8(18)16-10-15-7(9(19)20)17-22-10/h1-4H,(H,19,20)(H,15,16,17,18). The quantitative estimate of drug-likeness (QED) is 0.891. The van der Waals surface area contributed by atoms with Crippen LogP contribution in [0.25, 0.3) is 0 Å². The van der Waals surface area contributed by atoms with Gasteiger partial charge in [0.1, 0.15) is 5.75 Å². The molecule has 0 fully saturated rings. The number of amides is 1. The van der Waals surface area contributed by atoms with E-state index in [1.807, 2.05) is 0 Å². The molecule has 1 amide bonds. The summed E-state index contributed by atoms with van der Waals surface area (Å²) in [6.45, 7) is 0. The average molecular weight is 333 g/mol. The molecule has 2 aromatic rings. The SMILES string of the molecule is O=C(O)c1nsc(NC(=O)c2ccccc2OC(F)(F)F)n1. The van der Waals surface area contributed by atoms with Crippen LogP contribution in [-0.2, 0) is 0 Å². The fraction of sp³-hybridized carbons (Fsp3) is 0.0909. The predicted octanol–water partition coefficient (Wildman–Crippen LogP) is 2.39. The van der Waals surface area contributed by atoms with Crippen molar-refractivity contribution in [3.8, 4) is 5.75 Å². The topological polar surface area (TPSA) is 101 Å². The Hall–Kier alpha value is -2.69. The molecule has 11 heteroatoms. The molecular formula is C11H6F3N3O4S. The molecule has 7 nitrogen and oxygen atoms in total. The number of rotatable bonds is 4. The number of nitrogens with one attached hydrogen (secondary N) is 1. The molecule has 0 unspecified atom stereocenters. The fourth-order valence-corrected chi connectivity index (χ4v) is 1.95. The summed E-state index contributed by atoms with van der Waals surface area (Å²) in [7, 11) is 0. The van der Waals surface area contributed by atoms with Gasteiger partial charge in [0, 0.05) is 11.5 Å². The van der Waals surface area contributed by atoms with E-state index in [4.69, 9.17) is 5.11 Å². The molecule has 0 bridgehead atoms. The zero-order chi connectivity index (χ0) is 16.3. The van der Waals surface area contributed by atoms with Crippen LogP contribution in [0.15, 0.2) is 24.3 Å². The summed E-state index contributed by atoms with van der Waals surface area (Å²) in [5.41, 5.74) is -0.382. The minimum Gasteiger partial charge on any atom is -0.475 e. The van der Waals surface area contributed by atoms with Crippen LogP contribution in [0, 0.1) is 0 Å². The highest BCUT2D eigenvalue weighted by Crippen LogP contribution is 2.27. The maximum absolute atomic E-state index is 12.3. The van der Waals surface area contributed by atoms with Crippen LogP contribution in [0.5, 0.6) is 5.75 Å². The van der Waals surface area contributed by atoms with E-state index in [1.165, 1.54) is 12.1 Å². The number of benzene rings is 1. The normalized spacial score (nSPS) is 11.0. The molecule has 0 radical (unpaired) electrons. The minimum atomic E-state index is -4.95. The Labute approximate surface area is 124 Å². The highest BCUT2D eigenvalue weighted by Gasteiger charge is 2.33. The van der Waals surface area contributed by atoms with Crippen molar-refractivity contribution < 1.29 is 32.6 Å². The van der Waals surface area contributed by atoms with Crippen LogP contribution in [0.3, 0.4) is 0 Å². The molecule has 0 saturated carbocycles. The molecule has 2 rings (SSSR count). The van der Waals surface area contributed by atoms with Crippen molar-refractivity contribution in [3.05, 3.63) is 35.7 Å². The molecule has 2 N–H and O–H groups in total. The Bertz CT molecular complexity index is 717. The first-order valence-electron chi connectivity index (χ1n) is 5.49. The Morgan fingerprint density at radius 1 is 1.27 bits per heavy atom. The van der Waals surface area contributed by atoms with Crippen LogP contribution < -0.4 is 10.1 Å². The van der Waals surface area contributed by atoms with Crippen LogP contribution >= 0.6 is 11.5 Å². The van der Waals surface area contributed by atoms with E-state index >= 15 is 0 Å². The monoisotopic (exact) mass is 333 g/mol. The van der Waals surface area contributed by atoms with Gasteiger partial charge in [-0.1, -0.05) is 12.1 Å². The van der Waals surface area contributed by atoms with Gasteiger partial charge in [-0.15, -0.1) is 13.2 Å². The molecular weight excluding hydrogens is 327 g/mol. The van der Waals surface area contributed by atoms with Crippen molar-refractivity contribution >= 4 is 28.5 Å². The number of carbonyl (C=O) groups is 2. The number of carboxylic acid groups (broad SMARTS) is 1. The first-order chi connectivity index (χ1) is 10.3. The Morgan fingerprint density at radius 2 is 1.95 bits per heavy atom. The van der Waals surface area contributed by atoms with Crippen molar-refractivity contribution in [2.75, 3.05) is 5.32 Å². The number of carboxylic acids is 1. The van der Waals surface area contributed by atoms with Crippen molar-refractivity contribution in [1.29, 1.82) is 0 Å². The van der Waals surface area contributed by atoms with Crippen molar-refractivity contribution in [2.24, 2.45) is 0 Å². The van der Waals surface area contributed by atoms with Crippen molar-refractivity contribution in [3.63, 3.8) is 0 Å². The summed E-state index contributed by atoms with van der Waals surface area (Å²) in [6, 6.07) is 4.72. The lowest BCUT2D eigenvalue weighted by Gasteiger charge is -2.12. The van der Waals surface area contributed by atoms with Crippen LogP contribution in [-0.4, -0.2) is 32.7 Å². The van der Waals surface area contributed by atoms with Gasteiger partial charge in [-0.2, -0.15) is 9.36 Å². The van der Waals surface area contributed by atoms with Gasteiger partial charge in [-0.05, 0) is 12.1 Å². The first-order valence-corrected chi connectivity index (χ1v) is 6.27. The highest BCUT2D eigenvalue weighted by molar-refractivity contribution is 7.10. The van der Waals surface area contributed by atoms with Crippen molar-refractivity contribution in [2.45, 2.75) is 6.36 Å². The van der Waals surface area contributed by atoms with Gasteiger partial charge in [0.2, 0.25) is 5.13 Å². The third-order valence-corrected chi connectivity index (χ3v) is 2.83.